The number of fused-ring (bicyclic) bond motifs is 3. The van der Waals surface area contributed by atoms with E-state index in [1.165, 1.54) is 15.3 Å². The summed E-state index contributed by atoms with van der Waals surface area (Å²) >= 11 is 3.41. The second-order valence-electron chi connectivity index (χ2n) is 6.17. The molecule has 3 nitrogen and oxygen atoms in total. The molecule has 3 aromatic rings. The monoisotopic (exact) mass is 342 g/mol. The molecule has 4 rings (SSSR count). The summed E-state index contributed by atoms with van der Waals surface area (Å²) in [6.45, 7) is 2.28. The molecule has 2 aromatic heterocycles. The summed E-state index contributed by atoms with van der Waals surface area (Å²) in [7, 11) is 0. The summed E-state index contributed by atoms with van der Waals surface area (Å²) in [5, 5.41) is 0.821. The van der Waals surface area contributed by atoms with E-state index in [1.807, 2.05) is 12.1 Å². The zero-order valence-corrected chi connectivity index (χ0v) is 14.8. The van der Waals surface area contributed by atoms with Crippen LogP contribution >= 0.6 is 23.1 Å². The second kappa shape index (κ2) is 5.80. The molecule has 5 heteroatoms. The van der Waals surface area contributed by atoms with Gasteiger partial charge in [0.2, 0.25) is 0 Å². The highest BCUT2D eigenvalue weighted by Gasteiger charge is 2.23. The Hall–Kier alpha value is -1.59. The topological polar surface area (TPSA) is 45.8 Å². The van der Waals surface area contributed by atoms with Crippen LogP contribution in [0.5, 0.6) is 0 Å². The third kappa shape index (κ3) is 2.62. The summed E-state index contributed by atoms with van der Waals surface area (Å²) in [5.41, 5.74) is 2.20. The maximum Gasteiger partial charge on any atom is 0.260 e. The van der Waals surface area contributed by atoms with Crippen LogP contribution < -0.4 is 5.56 Å². The molecular formula is C18H18N2OS2. The molecule has 1 N–H and O–H groups in total. The van der Waals surface area contributed by atoms with E-state index < -0.39 is 0 Å². The van der Waals surface area contributed by atoms with Crippen molar-refractivity contribution in [1.29, 1.82) is 0 Å². The lowest BCUT2D eigenvalue weighted by atomic mass is 9.89. The third-order valence-corrected chi connectivity index (χ3v) is 6.42. The maximum absolute atomic E-state index is 12.6. The van der Waals surface area contributed by atoms with Crippen molar-refractivity contribution in [2.45, 2.75) is 31.1 Å². The molecule has 0 radical (unpaired) electrons. The van der Waals surface area contributed by atoms with Crippen LogP contribution in [0.15, 0.2) is 34.0 Å². The SMILES string of the molecule is CSc1ccc(-c2nc3sc4c(c3c(=O)[nH]2)CC[C@H](C)C4)cc1. The van der Waals surface area contributed by atoms with E-state index in [2.05, 4.69) is 30.3 Å². The van der Waals surface area contributed by atoms with Gasteiger partial charge in [0.1, 0.15) is 10.7 Å². The fraction of sp³-hybridized carbons (Fsp3) is 0.333. The Bertz CT molecular complexity index is 925. The van der Waals surface area contributed by atoms with Crippen LogP contribution in [-0.4, -0.2) is 16.2 Å². The van der Waals surface area contributed by atoms with Gasteiger partial charge in [0, 0.05) is 15.3 Å². The van der Waals surface area contributed by atoms with Gasteiger partial charge >= 0.3 is 0 Å². The molecule has 0 spiro atoms. The molecule has 23 heavy (non-hydrogen) atoms. The average Bonchev–Trinajstić information content (AvgIpc) is 2.92. The highest BCUT2D eigenvalue weighted by Crippen LogP contribution is 2.36. The Balaban J connectivity index is 1.85. The molecule has 2 heterocycles. The minimum Gasteiger partial charge on any atom is -0.306 e. The van der Waals surface area contributed by atoms with E-state index in [0.717, 1.165) is 35.0 Å². The first kappa shape index (κ1) is 15.0. The number of H-pyrrole nitrogens is 1. The van der Waals surface area contributed by atoms with Gasteiger partial charge < -0.3 is 4.98 Å². The van der Waals surface area contributed by atoms with Gasteiger partial charge in [-0.3, -0.25) is 4.79 Å². The Labute approximate surface area is 143 Å². The number of nitrogens with zero attached hydrogens (tertiary/aromatic N) is 1. The lowest BCUT2D eigenvalue weighted by Gasteiger charge is -2.17. The molecule has 1 aliphatic carbocycles. The predicted molar refractivity (Wildman–Crippen MR) is 98.6 cm³/mol. The van der Waals surface area contributed by atoms with E-state index in [-0.39, 0.29) is 5.56 Å². The van der Waals surface area contributed by atoms with Gasteiger partial charge in [0.25, 0.3) is 5.56 Å². The Morgan fingerprint density at radius 1 is 1.30 bits per heavy atom. The van der Waals surface area contributed by atoms with Crippen LogP contribution in [0.25, 0.3) is 21.6 Å². The molecular weight excluding hydrogens is 324 g/mol. The van der Waals surface area contributed by atoms with Crippen LogP contribution in [-0.2, 0) is 12.8 Å². The number of hydrogen-bond acceptors (Lipinski definition) is 4. The summed E-state index contributed by atoms with van der Waals surface area (Å²) in [6, 6.07) is 8.16. The minimum absolute atomic E-state index is 0.00555. The number of rotatable bonds is 2. The van der Waals surface area contributed by atoms with Crippen molar-refractivity contribution < 1.29 is 0 Å². The number of aryl methyl sites for hydroxylation is 1. The van der Waals surface area contributed by atoms with Crippen LogP contribution in [0.1, 0.15) is 23.8 Å². The summed E-state index contributed by atoms with van der Waals surface area (Å²) in [6.07, 6.45) is 5.30. The van der Waals surface area contributed by atoms with Crippen molar-refractivity contribution in [2.24, 2.45) is 5.92 Å². The van der Waals surface area contributed by atoms with Crippen molar-refractivity contribution >= 4 is 33.3 Å². The quantitative estimate of drug-likeness (QED) is 0.698. The van der Waals surface area contributed by atoms with Crippen molar-refractivity contribution in [3.05, 3.63) is 45.1 Å². The number of benzene rings is 1. The van der Waals surface area contributed by atoms with E-state index >= 15 is 0 Å². The molecule has 0 bridgehead atoms. The Morgan fingerprint density at radius 2 is 2.09 bits per heavy atom. The fourth-order valence-corrected chi connectivity index (χ4v) is 5.03. The van der Waals surface area contributed by atoms with Crippen molar-refractivity contribution in [3.63, 3.8) is 0 Å². The smallest absolute Gasteiger partial charge is 0.260 e. The first-order valence-corrected chi connectivity index (χ1v) is 9.89. The minimum atomic E-state index is 0.00555. The number of thioether (sulfide) groups is 1. The Kier molecular flexibility index (Phi) is 3.77. The lowest BCUT2D eigenvalue weighted by molar-refractivity contribution is 0.509. The van der Waals surface area contributed by atoms with Crippen LogP contribution in [0.4, 0.5) is 0 Å². The molecule has 0 saturated heterocycles. The summed E-state index contributed by atoms with van der Waals surface area (Å²) in [5.74, 6) is 1.37. The second-order valence-corrected chi connectivity index (χ2v) is 8.14. The number of aromatic nitrogens is 2. The van der Waals surface area contributed by atoms with Crippen LogP contribution in [0, 0.1) is 5.92 Å². The lowest BCUT2D eigenvalue weighted by Crippen LogP contribution is -2.13. The number of thiophene rings is 1. The summed E-state index contributed by atoms with van der Waals surface area (Å²) < 4.78 is 0. The third-order valence-electron chi connectivity index (χ3n) is 4.53. The van der Waals surface area contributed by atoms with Gasteiger partial charge in [-0.05, 0) is 49.1 Å². The summed E-state index contributed by atoms with van der Waals surface area (Å²) in [4.78, 5) is 23.8. The zero-order valence-electron chi connectivity index (χ0n) is 13.2. The maximum atomic E-state index is 12.6. The molecule has 118 valence electrons. The standard InChI is InChI=1S/C18H18N2OS2/c1-10-3-8-13-14(9-10)23-18-15(13)17(21)19-16(20-18)11-4-6-12(22-2)7-5-11/h4-7,10H,3,8-9H2,1-2H3,(H,19,20,21)/t10-/m0/s1. The van der Waals surface area contributed by atoms with Crippen LogP contribution in [0.2, 0.25) is 0 Å². The predicted octanol–water partition coefficient (Wildman–Crippen LogP) is 4.50. The molecule has 0 saturated carbocycles. The number of hydrogen-bond donors (Lipinski definition) is 1. The normalized spacial score (nSPS) is 17.4. The van der Waals surface area contributed by atoms with E-state index in [9.17, 15) is 4.79 Å². The zero-order chi connectivity index (χ0) is 16.0. The highest BCUT2D eigenvalue weighted by atomic mass is 32.2. The molecule has 0 fully saturated rings. The van der Waals surface area contributed by atoms with E-state index in [4.69, 9.17) is 4.98 Å². The first-order valence-electron chi connectivity index (χ1n) is 7.84. The molecule has 0 amide bonds. The van der Waals surface area contributed by atoms with Crippen molar-refractivity contribution in [3.8, 4) is 11.4 Å². The van der Waals surface area contributed by atoms with Crippen molar-refractivity contribution in [2.75, 3.05) is 6.26 Å². The molecule has 0 unspecified atom stereocenters. The molecule has 1 aromatic carbocycles. The van der Waals surface area contributed by atoms with E-state index in [1.54, 1.807) is 23.1 Å². The van der Waals surface area contributed by atoms with Gasteiger partial charge in [-0.2, -0.15) is 0 Å². The van der Waals surface area contributed by atoms with Gasteiger partial charge in [0.05, 0.1) is 5.39 Å². The van der Waals surface area contributed by atoms with Gasteiger partial charge in [0.15, 0.2) is 0 Å². The van der Waals surface area contributed by atoms with Crippen molar-refractivity contribution in [1.82, 2.24) is 9.97 Å². The highest BCUT2D eigenvalue weighted by molar-refractivity contribution is 7.98. The van der Waals surface area contributed by atoms with Gasteiger partial charge in [-0.25, -0.2) is 4.98 Å². The molecule has 1 aliphatic rings. The number of aromatic amines is 1. The fourth-order valence-electron chi connectivity index (χ4n) is 3.23. The first-order chi connectivity index (χ1) is 11.2. The number of nitrogens with one attached hydrogen (secondary N) is 1. The largest absolute Gasteiger partial charge is 0.306 e. The molecule has 0 aliphatic heterocycles. The van der Waals surface area contributed by atoms with E-state index in [0.29, 0.717) is 11.7 Å². The van der Waals surface area contributed by atoms with Gasteiger partial charge in [-0.1, -0.05) is 19.1 Å². The van der Waals surface area contributed by atoms with Crippen LogP contribution in [0.3, 0.4) is 0 Å². The average molecular weight is 342 g/mol. The molecule has 1 atom stereocenters. The van der Waals surface area contributed by atoms with Gasteiger partial charge in [-0.15, -0.1) is 23.1 Å². The Morgan fingerprint density at radius 3 is 2.83 bits per heavy atom.